The summed E-state index contributed by atoms with van der Waals surface area (Å²) in [4.78, 5) is 33.5. The van der Waals surface area contributed by atoms with E-state index in [9.17, 15) is 23.5 Å². The predicted molar refractivity (Wildman–Crippen MR) is 158 cm³/mol. The zero-order chi connectivity index (χ0) is 30.2. The number of anilines is 2. The summed E-state index contributed by atoms with van der Waals surface area (Å²) in [6, 6.07) is 5.14. The van der Waals surface area contributed by atoms with E-state index in [1.165, 1.54) is 5.56 Å². The summed E-state index contributed by atoms with van der Waals surface area (Å²) >= 11 is 0. The molecule has 4 heterocycles. The number of hydrogen-bond donors (Lipinski definition) is 3. The number of carboxylic acid groups (broad SMARTS) is 1. The first-order valence-corrected chi connectivity index (χ1v) is 15.3. The minimum atomic E-state index is -1.34. The van der Waals surface area contributed by atoms with Crippen LogP contribution in [-0.4, -0.2) is 98.1 Å². The number of rotatable bonds is 12. The van der Waals surface area contributed by atoms with Crippen LogP contribution in [0.25, 0.3) is 0 Å². The van der Waals surface area contributed by atoms with E-state index >= 15 is 0 Å². The van der Waals surface area contributed by atoms with Gasteiger partial charge >= 0.3 is 5.97 Å². The molecule has 3 aliphatic heterocycles. The second kappa shape index (κ2) is 14.9. The number of benzene rings is 1. The van der Waals surface area contributed by atoms with Crippen molar-refractivity contribution >= 4 is 23.4 Å². The number of pyridine rings is 1. The van der Waals surface area contributed by atoms with Gasteiger partial charge in [0.05, 0.1) is 19.3 Å². The van der Waals surface area contributed by atoms with E-state index in [2.05, 4.69) is 27.7 Å². The number of hydrogen-bond acceptors (Lipinski definition) is 8. The second-order valence-electron chi connectivity index (χ2n) is 11.4. The number of halogens is 2. The normalized spacial score (nSPS) is 19.8. The number of fused-ring (bicyclic) bond motifs is 1. The van der Waals surface area contributed by atoms with Gasteiger partial charge in [0.15, 0.2) is 0 Å². The summed E-state index contributed by atoms with van der Waals surface area (Å²) in [5, 5.41) is 15.3. The minimum absolute atomic E-state index is 0.0231. The van der Waals surface area contributed by atoms with Crippen molar-refractivity contribution in [2.24, 2.45) is 0 Å². The molecule has 12 heteroatoms. The Morgan fingerprint density at radius 2 is 1.95 bits per heavy atom. The maximum atomic E-state index is 14.8. The summed E-state index contributed by atoms with van der Waals surface area (Å²) < 4.78 is 40.9. The third-order valence-electron chi connectivity index (χ3n) is 8.32. The van der Waals surface area contributed by atoms with Gasteiger partial charge in [0.25, 0.3) is 5.91 Å². The quantitative estimate of drug-likeness (QED) is 0.337. The Balaban J connectivity index is 1.06. The van der Waals surface area contributed by atoms with Crippen molar-refractivity contribution in [1.82, 2.24) is 15.2 Å². The molecule has 5 rings (SSSR count). The molecular weight excluding hydrogens is 560 g/mol. The number of nitrogens with zero attached hydrogens (tertiary/aromatic N) is 3. The van der Waals surface area contributed by atoms with Crippen molar-refractivity contribution in [3.63, 3.8) is 0 Å². The van der Waals surface area contributed by atoms with Crippen molar-refractivity contribution in [2.45, 2.75) is 57.1 Å². The smallest absolute Gasteiger partial charge is 0.326 e. The second-order valence-corrected chi connectivity index (χ2v) is 11.4. The van der Waals surface area contributed by atoms with Gasteiger partial charge in [-0.3, -0.25) is 4.79 Å². The van der Waals surface area contributed by atoms with E-state index < -0.39 is 35.1 Å². The molecule has 3 N–H and O–H groups in total. The van der Waals surface area contributed by atoms with Gasteiger partial charge in [0.2, 0.25) is 0 Å². The van der Waals surface area contributed by atoms with Gasteiger partial charge in [-0.2, -0.15) is 0 Å². The van der Waals surface area contributed by atoms with Gasteiger partial charge in [0, 0.05) is 50.6 Å². The number of nitrogens with one attached hydrogen (secondary N) is 2. The monoisotopic (exact) mass is 601 g/mol. The topological polar surface area (TPSA) is 116 Å². The zero-order valence-corrected chi connectivity index (χ0v) is 24.5. The fourth-order valence-corrected chi connectivity index (χ4v) is 5.97. The number of morpholine rings is 1. The first kappa shape index (κ1) is 31.1. The summed E-state index contributed by atoms with van der Waals surface area (Å²) in [5.41, 5.74) is 1.89. The number of carbonyl (C=O) groups excluding carboxylic acids is 1. The average molecular weight is 602 g/mol. The molecule has 1 aromatic carbocycles. The molecule has 2 saturated heterocycles. The Morgan fingerprint density at radius 1 is 1.16 bits per heavy atom. The summed E-state index contributed by atoms with van der Waals surface area (Å²) in [6.45, 7) is 5.56. The van der Waals surface area contributed by atoms with Crippen molar-refractivity contribution in [1.29, 1.82) is 0 Å². The predicted octanol–water partition coefficient (Wildman–Crippen LogP) is 3.24. The summed E-state index contributed by atoms with van der Waals surface area (Å²) in [7, 11) is 0. The molecule has 1 amide bonds. The molecule has 3 aliphatic rings. The lowest BCUT2D eigenvalue weighted by Gasteiger charge is -2.32. The number of amides is 1. The first-order chi connectivity index (χ1) is 20.9. The first-order valence-electron chi connectivity index (χ1n) is 15.3. The van der Waals surface area contributed by atoms with Crippen LogP contribution in [0, 0.1) is 11.6 Å². The fourth-order valence-electron chi connectivity index (χ4n) is 5.97. The molecule has 0 spiro atoms. The molecule has 0 radical (unpaired) electrons. The molecule has 0 aliphatic carbocycles. The van der Waals surface area contributed by atoms with Crippen LogP contribution in [0.15, 0.2) is 24.3 Å². The van der Waals surface area contributed by atoms with Crippen LogP contribution >= 0.6 is 0 Å². The van der Waals surface area contributed by atoms with Crippen LogP contribution in [0.3, 0.4) is 0 Å². The van der Waals surface area contributed by atoms with Crippen LogP contribution in [0.5, 0.6) is 0 Å². The van der Waals surface area contributed by atoms with Crippen molar-refractivity contribution < 1.29 is 33.0 Å². The summed E-state index contributed by atoms with van der Waals surface area (Å²) in [5.74, 6) is -3.47. The van der Waals surface area contributed by atoms with Gasteiger partial charge in [-0.1, -0.05) is 6.07 Å². The highest BCUT2D eigenvalue weighted by atomic mass is 19.1. The Morgan fingerprint density at radius 3 is 2.72 bits per heavy atom. The summed E-state index contributed by atoms with van der Waals surface area (Å²) in [6.07, 6.45) is 5.86. The standard InChI is InChI=1S/C31H41F2N5O5/c32-25-18-23(38-13-16-42-17-14-38)19-26(33)28(25)30(39)36-27(31(40)41)9-15-43-24-6-3-12-37(20-24)11-2-5-22-8-7-21-4-1-10-34-29(21)35-22/h7-8,18-19,24,27H,1-6,9-17,20H2,(H,34,35)(H,36,39)(H,40,41)/t24?,27-/m0/s1. The SMILES string of the molecule is O=C(N[C@@H](CCOC1CCCN(CCCc2ccc3c(n2)NCCC3)C1)C(=O)O)c1c(F)cc(N2CCOCC2)cc1F. The van der Waals surface area contributed by atoms with Gasteiger partial charge in [0.1, 0.15) is 29.1 Å². The minimum Gasteiger partial charge on any atom is -0.480 e. The van der Waals surface area contributed by atoms with Crippen molar-refractivity contribution in [3.8, 4) is 0 Å². The number of aryl methyl sites for hydroxylation is 2. The maximum absolute atomic E-state index is 14.8. The fraction of sp³-hybridized carbons (Fsp3) is 0.581. The van der Waals surface area contributed by atoms with Crippen LogP contribution < -0.4 is 15.5 Å². The lowest BCUT2D eigenvalue weighted by molar-refractivity contribution is -0.140. The highest BCUT2D eigenvalue weighted by molar-refractivity contribution is 5.97. The van der Waals surface area contributed by atoms with Gasteiger partial charge in [-0.15, -0.1) is 0 Å². The molecule has 1 unspecified atom stereocenters. The molecule has 0 bridgehead atoms. The Kier molecular flexibility index (Phi) is 10.8. The van der Waals surface area contributed by atoms with E-state index in [0.29, 0.717) is 32.0 Å². The molecule has 2 fully saturated rings. The number of aromatic nitrogens is 1. The van der Waals surface area contributed by atoms with Gasteiger partial charge in [-0.05, 0) is 75.4 Å². The number of ether oxygens (including phenoxy) is 2. The third kappa shape index (κ3) is 8.39. The molecule has 1 aromatic heterocycles. The molecular formula is C31H41F2N5O5. The van der Waals surface area contributed by atoms with E-state index in [0.717, 1.165) is 88.3 Å². The van der Waals surface area contributed by atoms with Crippen LogP contribution in [0.4, 0.5) is 20.3 Å². The van der Waals surface area contributed by atoms with Crippen LogP contribution in [0.2, 0.25) is 0 Å². The lowest BCUT2D eigenvalue weighted by atomic mass is 10.1. The number of piperidine rings is 1. The van der Waals surface area contributed by atoms with Gasteiger partial charge in [-0.25, -0.2) is 18.6 Å². The Bertz CT molecular complexity index is 1250. The molecule has 43 heavy (non-hydrogen) atoms. The Hall–Kier alpha value is -3.35. The average Bonchev–Trinajstić information content (AvgIpc) is 3.01. The Labute approximate surface area is 250 Å². The highest BCUT2D eigenvalue weighted by Crippen LogP contribution is 2.24. The molecule has 10 nitrogen and oxygen atoms in total. The van der Waals surface area contributed by atoms with E-state index in [1.807, 2.05) is 0 Å². The number of aliphatic carboxylic acids is 1. The third-order valence-corrected chi connectivity index (χ3v) is 8.32. The number of carboxylic acids is 1. The van der Waals surface area contributed by atoms with Crippen molar-refractivity contribution in [3.05, 3.63) is 52.7 Å². The van der Waals surface area contributed by atoms with Gasteiger partial charge < -0.3 is 35.0 Å². The highest BCUT2D eigenvalue weighted by Gasteiger charge is 2.27. The van der Waals surface area contributed by atoms with Crippen LogP contribution in [-0.2, 0) is 27.1 Å². The maximum Gasteiger partial charge on any atom is 0.326 e. The molecule has 2 atom stereocenters. The molecule has 2 aromatic rings. The zero-order valence-electron chi connectivity index (χ0n) is 24.5. The van der Waals surface area contributed by atoms with E-state index in [4.69, 9.17) is 14.5 Å². The molecule has 234 valence electrons. The number of carbonyl (C=O) groups is 2. The molecule has 0 saturated carbocycles. The van der Waals surface area contributed by atoms with E-state index in [1.54, 1.807) is 4.90 Å². The lowest BCUT2D eigenvalue weighted by Crippen LogP contribution is -2.43. The van der Waals surface area contributed by atoms with E-state index in [-0.39, 0.29) is 19.1 Å². The van der Waals surface area contributed by atoms with Crippen LogP contribution in [0.1, 0.15) is 53.7 Å². The largest absolute Gasteiger partial charge is 0.480 e. The van der Waals surface area contributed by atoms with Crippen molar-refractivity contribution in [2.75, 3.05) is 69.3 Å². The number of likely N-dealkylation sites (tertiary alicyclic amines) is 1.